The normalized spacial score (nSPS) is 9.29. The Hall–Kier alpha value is -2.54. The summed E-state index contributed by atoms with van der Waals surface area (Å²) in [5.41, 5.74) is -1.98. The number of benzene rings is 1. The molecule has 0 aliphatic rings. The van der Waals surface area contributed by atoms with Crippen LogP contribution in [0.4, 0.5) is 17.6 Å². The lowest BCUT2D eigenvalue weighted by Gasteiger charge is -2.04. The van der Waals surface area contributed by atoms with E-state index < -0.39 is 40.2 Å². The van der Waals surface area contributed by atoms with Gasteiger partial charge in [-0.05, 0) is 6.08 Å². The van der Waals surface area contributed by atoms with Crippen LogP contribution in [0, 0.1) is 45.9 Å². The Labute approximate surface area is 92.4 Å². The molecule has 1 rings (SSSR count). The third kappa shape index (κ3) is 2.04. The molecule has 3 nitrogen and oxygen atoms in total. The average molecular weight is 242 g/mol. The molecule has 0 saturated carbocycles. The van der Waals surface area contributed by atoms with Gasteiger partial charge in [-0.3, -0.25) is 0 Å². The van der Waals surface area contributed by atoms with Gasteiger partial charge in [0.2, 0.25) is 11.6 Å². The Kier molecular flexibility index (Phi) is 3.34. The van der Waals surface area contributed by atoms with Crippen molar-refractivity contribution in [1.82, 2.24) is 0 Å². The van der Waals surface area contributed by atoms with Crippen molar-refractivity contribution in [2.45, 2.75) is 0 Å². The fraction of sp³-hybridized carbons (Fsp3) is 0. The summed E-state index contributed by atoms with van der Waals surface area (Å²) in [6, 6.07) is 2.53. The largest absolute Gasteiger partial charge is 0.503 e. The number of aromatic hydroxyl groups is 1. The Morgan fingerprint density at radius 2 is 1.35 bits per heavy atom. The van der Waals surface area contributed by atoms with Crippen molar-refractivity contribution >= 4 is 6.08 Å². The maximum atomic E-state index is 13.1. The molecule has 1 aromatic rings. The van der Waals surface area contributed by atoms with E-state index in [1.807, 2.05) is 0 Å². The zero-order valence-corrected chi connectivity index (χ0v) is 7.93. The maximum absolute atomic E-state index is 13.1. The van der Waals surface area contributed by atoms with Gasteiger partial charge < -0.3 is 5.11 Å². The molecule has 17 heavy (non-hydrogen) atoms. The summed E-state index contributed by atoms with van der Waals surface area (Å²) in [4.78, 5) is 0. The molecule has 0 aromatic heterocycles. The van der Waals surface area contributed by atoms with Gasteiger partial charge in [-0.2, -0.15) is 19.3 Å². The lowest BCUT2D eigenvalue weighted by molar-refractivity contribution is 0.355. The van der Waals surface area contributed by atoms with E-state index in [9.17, 15) is 17.6 Å². The van der Waals surface area contributed by atoms with Gasteiger partial charge in [0, 0.05) is 0 Å². The number of allylic oxidation sites excluding steroid dienone is 1. The van der Waals surface area contributed by atoms with Crippen molar-refractivity contribution in [2.75, 3.05) is 0 Å². The van der Waals surface area contributed by atoms with E-state index in [-0.39, 0.29) is 0 Å². The van der Waals surface area contributed by atoms with Crippen molar-refractivity contribution in [3.63, 3.8) is 0 Å². The summed E-state index contributed by atoms with van der Waals surface area (Å²) in [5, 5.41) is 25.3. The quantitative estimate of drug-likeness (QED) is 0.467. The zero-order chi connectivity index (χ0) is 13.2. The highest BCUT2D eigenvalue weighted by atomic mass is 19.2. The molecule has 1 N–H and O–H groups in total. The molecule has 0 unspecified atom stereocenters. The van der Waals surface area contributed by atoms with E-state index in [1.54, 1.807) is 0 Å². The Morgan fingerprint density at radius 1 is 0.941 bits per heavy atom. The van der Waals surface area contributed by atoms with Gasteiger partial charge in [0.1, 0.15) is 17.7 Å². The fourth-order valence-electron chi connectivity index (χ4n) is 0.998. The molecule has 0 bridgehead atoms. The first-order chi connectivity index (χ1) is 7.93. The van der Waals surface area contributed by atoms with Crippen molar-refractivity contribution < 1.29 is 22.7 Å². The van der Waals surface area contributed by atoms with E-state index in [0.29, 0.717) is 6.08 Å². The highest BCUT2D eigenvalue weighted by molar-refractivity contribution is 5.63. The van der Waals surface area contributed by atoms with E-state index in [4.69, 9.17) is 15.6 Å². The Morgan fingerprint density at radius 3 is 1.71 bits per heavy atom. The number of rotatable bonds is 1. The van der Waals surface area contributed by atoms with Crippen molar-refractivity contribution in [1.29, 1.82) is 10.5 Å². The predicted molar refractivity (Wildman–Crippen MR) is 47.1 cm³/mol. The van der Waals surface area contributed by atoms with Gasteiger partial charge in [0.05, 0.1) is 5.56 Å². The second-order valence-electron chi connectivity index (χ2n) is 2.80. The summed E-state index contributed by atoms with van der Waals surface area (Å²) in [5.74, 6) is -9.56. The van der Waals surface area contributed by atoms with E-state index in [2.05, 4.69) is 0 Å². The highest BCUT2D eigenvalue weighted by Crippen LogP contribution is 2.29. The SMILES string of the molecule is N#CC(C#N)=Cc1c(F)c(F)c(O)c(F)c1F. The summed E-state index contributed by atoms with van der Waals surface area (Å²) in [7, 11) is 0. The predicted octanol–water partition coefficient (Wildman–Crippen LogP) is 2.38. The summed E-state index contributed by atoms with van der Waals surface area (Å²) in [6.07, 6.45) is 0.344. The minimum Gasteiger partial charge on any atom is -0.503 e. The van der Waals surface area contributed by atoms with Crippen LogP contribution in [0.25, 0.3) is 6.08 Å². The summed E-state index contributed by atoms with van der Waals surface area (Å²) >= 11 is 0. The molecule has 0 saturated heterocycles. The Balaban J connectivity index is 3.64. The smallest absolute Gasteiger partial charge is 0.204 e. The van der Waals surface area contributed by atoms with Gasteiger partial charge in [-0.15, -0.1) is 0 Å². The van der Waals surface area contributed by atoms with Gasteiger partial charge in [-0.1, -0.05) is 0 Å². The van der Waals surface area contributed by atoms with Gasteiger partial charge in [-0.25, -0.2) is 8.78 Å². The van der Waals surface area contributed by atoms with Crippen LogP contribution in [0.2, 0.25) is 0 Å². The minimum absolute atomic E-state index is 0.344. The first-order valence-electron chi connectivity index (χ1n) is 4.00. The molecule has 0 aliphatic carbocycles. The monoisotopic (exact) mass is 242 g/mol. The number of phenols is 1. The molecule has 0 atom stereocenters. The number of hydrogen-bond donors (Lipinski definition) is 1. The van der Waals surface area contributed by atoms with Crippen LogP contribution in [-0.2, 0) is 0 Å². The number of nitrogens with zero attached hydrogens (tertiary/aromatic N) is 2. The average Bonchev–Trinajstić information content (AvgIpc) is 2.34. The van der Waals surface area contributed by atoms with Gasteiger partial charge >= 0.3 is 0 Å². The topological polar surface area (TPSA) is 67.8 Å². The molecule has 1 aromatic carbocycles. The molecule has 86 valence electrons. The van der Waals surface area contributed by atoms with Gasteiger partial charge in [0.15, 0.2) is 17.4 Å². The number of nitriles is 2. The van der Waals surface area contributed by atoms with Crippen LogP contribution in [-0.4, -0.2) is 5.11 Å². The Bertz CT molecular complexity index is 551. The molecule has 0 heterocycles. The van der Waals surface area contributed by atoms with E-state index >= 15 is 0 Å². The fourth-order valence-corrected chi connectivity index (χ4v) is 0.998. The number of hydrogen-bond acceptors (Lipinski definition) is 3. The van der Waals surface area contributed by atoms with Crippen LogP contribution in [0.3, 0.4) is 0 Å². The summed E-state index contributed by atoms with van der Waals surface area (Å²) in [6.45, 7) is 0. The first kappa shape index (κ1) is 12.5. The lowest BCUT2D eigenvalue weighted by atomic mass is 10.1. The highest BCUT2D eigenvalue weighted by Gasteiger charge is 2.24. The second-order valence-corrected chi connectivity index (χ2v) is 2.80. The van der Waals surface area contributed by atoms with Crippen LogP contribution in [0.15, 0.2) is 5.57 Å². The van der Waals surface area contributed by atoms with Gasteiger partial charge in [0.25, 0.3) is 0 Å². The van der Waals surface area contributed by atoms with Crippen LogP contribution >= 0.6 is 0 Å². The minimum atomic E-state index is -2.00. The van der Waals surface area contributed by atoms with Crippen LogP contribution < -0.4 is 0 Å². The zero-order valence-electron chi connectivity index (χ0n) is 7.93. The molecule has 0 amide bonds. The lowest BCUT2D eigenvalue weighted by Crippen LogP contribution is -2.00. The molecule has 7 heteroatoms. The molecular formula is C10H2F4N2O. The number of phenolic OH excluding ortho intramolecular Hbond substituents is 1. The molecule has 0 spiro atoms. The first-order valence-corrected chi connectivity index (χ1v) is 4.00. The van der Waals surface area contributed by atoms with Crippen molar-refractivity contribution in [2.24, 2.45) is 0 Å². The molecule has 0 aliphatic heterocycles. The van der Waals surface area contributed by atoms with Crippen LogP contribution in [0.5, 0.6) is 5.75 Å². The summed E-state index contributed by atoms with van der Waals surface area (Å²) < 4.78 is 52.0. The maximum Gasteiger partial charge on any atom is 0.204 e. The molecule has 0 fully saturated rings. The van der Waals surface area contributed by atoms with Crippen molar-refractivity contribution in [3.05, 3.63) is 34.4 Å². The standard InChI is InChI=1S/C10H2F4N2O/c11-6-5(1-4(2-15)3-16)7(12)9(14)10(17)8(6)13/h1,17H. The second kappa shape index (κ2) is 4.54. The molecular weight excluding hydrogens is 240 g/mol. The molecule has 0 radical (unpaired) electrons. The van der Waals surface area contributed by atoms with E-state index in [0.717, 1.165) is 0 Å². The number of halogens is 4. The van der Waals surface area contributed by atoms with E-state index in [1.165, 1.54) is 12.1 Å². The third-order valence-corrected chi connectivity index (χ3v) is 1.80. The third-order valence-electron chi connectivity index (χ3n) is 1.80. The van der Waals surface area contributed by atoms with Crippen molar-refractivity contribution in [3.8, 4) is 17.9 Å². The van der Waals surface area contributed by atoms with Crippen LogP contribution in [0.1, 0.15) is 5.56 Å².